The Kier molecular flexibility index (Phi) is 5.61. The molecule has 1 unspecified atom stereocenters. The maximum absolute atomic E-state index is 12.8. The van der Waals surface area contributed by atoms with Gasteiger partial charge in [0.05, 0.1) is 32.6 Å². The van der Waals surface area contributed by atoms with E-state index in [-0.39, 0.29) is 11.3 Å². The standard InChI is InChI=1S/C22H29N3O4/c1-16-20(17(2)29-23-16)12-25-14-22(10-21(25)26)13-24(8-9-28-15-22)11-18-4-6-19(27-3)7-5-18/h4-7H,8-15H2,1-3H3. The molecule has 0 saturated carbocycles. The van der Waals surface area contributed by atoms with E-state index in [0.717, 1.165) is 42.4 Å². The van der Waals surface area contributed by atoms with Gasteiger partial charge < -0.3 is 18.9 Å². The summed E-state index contributed by atoms with van der Waals surface area (Å²) in [7, 11) is 1.68. The van der Waals surface area contributed by atoms with Crippen LogP contribution in [0.4, 0.5) is 0 Å². The molecule has 1 spiro atoms. The Hall–Kier alpha value is -2.38. The summed E-state index contributed by atoms with van der Waals surface area (Å²) in [5, 5.41) is 4.02. The summed E-state index contributed by atoms with van der Waals surface area (Å²) < 4.78 is 16.5. The zero-order chi connectivity index (χ0) is 20.4. The van der Waals surface area contributed by atoms with Crippen LogP contribution < -0.4 is 4.74 Å². The largest absolute Gasteiger partial charge is 0.497 e. The van der Waals surface area contributed by atoms with Crippen LogP contribution in [-0.4, -0.2) is 60.8 Å². The van der Waals surface area contributed by atoms with Gasteiger partial charge >= 0.3 is 0 Å². The fraction of sp³-hybridized carbons (Fsp3) is 0.545. The average Bonchev–Trinajstić information content (AvgIpc) is 3.10. The van der Waals surface area contributed by atoms with Crippen molar-refractivity contribution in [3.05, 3.63) is 46.8 Å². The van der Waals surface area contributed by atoms with Gasteiger partial charge in [-0.2, -0.15) is 0 Å². The number of hydrogen-bond acceptors (Lipinski definition) is 6. The Morgan fingerprint density at radius 3 is 2.66 bits per heavy atom. The molecule has 7 nitrogen and oxygen atoms in total. The van der Waals surface area contributed by atoms with Crippen molar-refractivity contribution in [2.75, 3.05) is 40.0 Å². The molecular weight excluding hydrogens is 370 g/mol. The molecule has 4 rings (SSSR count). The first-order chi connectivity index (χ1) is 14.0. The van der Waals surface area contributed by atoms with Gasteiger partial charge in [0.25, 0.3) is 0 Å². The van der Waals surface area contributed by atoms with Crippen LogP contribution in [0, 0.1) is 19.3 Å². The number of ether oxygens (including phenoxy) is 2. The molecule has 156 valence electrons. The number of likely N-dealkylation sites (tertiary alicyclic amines) is 1. The third kappa shape index (κ3) is 4.31. The highest BCUT2D eigenvalue weighted by Crippen LogP contribution is 2.36. The van der Waals surface area contributed by atoms with Crippen LogP contribution in [0.1, 0.15) is 29.0 Å². The van der Waals surface area contributed by atoms with Crippen LogP contribution >= 0.6 is 0 Å². The van der Waals surface area contributed by atoms with Gasteiger partial charge in [-0.05, 0) is 31.5 Å². The van der Waals surface area contributed by atoms with Crippen molar-refractivity contribution in [2.24, 2.45) is 5.41 Å². The van der Waals surface area contributed by atoms with Crippen molar-refractivity contribution >= 4 is 5.91 Å². The number of carbonyl (C=O) groups excluding carboxylic acids is 1. The maximum atomic E-state index is 12.8. The number of rotatable bonds is 5. The van der Waals surface area contributed by atoms with E-state index < -0.39 is 0 Å². The Balaban J connectivity index is 1.45. The second-order valence-corrected chi connectivity index (χ2v) is 8.34. The van der Waals surface area contributed by atoms with Gasteiger partial charge in [-0.1, -0.05) is 17.3 Å². The van der Waals surface area contributed by atoms with Crippen molar-refractivity contribution in [1.29, 1.82) is 0 Å². The first-order valence-corrected chi connectivity index (χ1v) is 10.1. The zero-order valence-corrected chi connectivity index (χ0v) is 17.4. The van der Waals surface area contributed by atoms with Gasteiger partial charge in [0.1, 0.15) is 11.5 Å². The van der Waals surface area contributed by atoms with Crippen molar-refractivity contribution in [3.8, 4) is 5.75 Å². The van der Waals surface area contributed by atoms with Crippen LogP contribution in [-0.2, 0) is 22.6 Å². The van der Waals surface area contributed by atoms with Crippen LogP contribution in [0.3, 0.4) is 0 Å². The molecule has 0 N–H and O–H groups in total. The van der Waals surface area contributed by atoms with E-state index in [2.05, 4.69) is 22.2 Å². The second-order valence-electron chi connectivity index (χ2n) is 8.34. The monoisotopic (exact) mass is 399 g/mol. The Bertz CT molecular complexity index is 844. The quantitative estimate of drug-likeness (QED) is 0.770. The molecule has 2 fully saturated rings. The highest BCUT2D eigenvalue weighted by atomic mass is 16.5. The minimum absolute atomic E-state index is 0.168. The number of hydrogen-bond donors (Lipinski definition) is 0. The first-order valence-electron chi connectivity index (χ1n) is 10.1. The molecular formula is C22H29N3O4. The fourth-order valence-corrected chi connectivity index (χ4v) is 4.45. The average molecular weight is 399 g/mol. The van der Waals surface area contributed by atoms with Crippen LogP contribution in [0.2, 0.25) is 0 Å². The number of nitrogens with zero attached hydrogens (tertiary/aromatic N) is 3. The molecule has 0 aliphatic carbocycles. The van der Waals surface area contributed by atoms with Gasteiger partial charge in [-0.25, -0.2) is 0 Å². The lowest BCUT2D eigenvalue weighted by atomic mass is 9.87. The minimum atomic E-state index is -0.168. The lowest BCUT2D eigenvalue weighted by Crippen LogP contribution is -2.40. The van der Waals surface area contributed by atoms with Gasteiger partial charge in [0.2, 0.25) is 5.91 Å². The molecule has 7 heteroatoms. The predicted molar refractivity (Wildman–Crippen MR) is 108 cm³/mol. The molecule has 1 amide bonds. The Labute approximate surface area is 171 Å². The molecule has 3 heterocycles. The van der Waals surface area contributed by atoms with E-state index >= 15 is 0 Å². The summed E-state index contributed by atoms with van der Waals surface area (Å²) in [6, 6.07) is 8.18. The summed E-state index contributed by atoms with van der Waals surface area (Å²) in [4.78, 5) is 17.2. The summed E-state index contributed by atoms with van der Waals surface area (Å²) >= 11 is 0. The fourth-order valence-electron chi connectivity index (χ4n) is 4.45. The number of aryl methyl sites for hydroxylation is 2. The van der Waals surface area contributed by atoms with Crippen molar-refractivity contribution in [3.63, 3.8) is 0 Å². The predicted octanol–water partition coefficient (Wildman–Crippen LogP) is 2.55. The minimum Gasteiger partial charge on any atom is -0.497 e. The van der Waals surface area contributed by atoms with Crippen molar-refractivity contribution < 1.29 is 18.8 Å². The van der Waals surface area contributed by atoms with Crippen LogP contribution in [0.5, 0.6) is 5.75 Å². The lowest BCUT2D eigenvalue weighted by Gasteiger charge is -2.31. The van der Waals surface area contributed by atoms with E-state index in [9.17, 15) is 4.79 Å². The summed E-state index contributed by atoms with van der Waals surface area (Å²) in [5.41, 5.74) is 2.94. The smallest absolute Gasteiger partial charge is 0.223 e. The number of aromatic nitrogens is 1. The van der Waals surface area contributed by atoms with E-state index in [0.29, 0.717) is 32.7 Å². The number of benzene rings is 1. The molecule has 1 aromatic heterocycles. The number of amides is 1. The number of carbonyl (C=O) groups is 1. The van der Waals surface area contributed by atoms with Crippen molar-refractivity contribution in [1.82, 2.24) is 15.0 Å². The third-order valence-electron chi connectivity index (χ3n) is 6.02. The maximum Gasteiger partial charge on any atom is 0.223 e. The SMILES string of the molecule is COc1ccc(CN2CCOCC3(CC(=O)N(Cc4c(C)noc4C)C3)C2)cc1. The zero-order valence-electron chi connectivity index (χ0n) is 17.4. The summed E-state index contributed by atoms with van der Waals surface area (Å²) in [6.07, 6.45) is 0.523. The summed E-state index contributed by atoms with van der Waals surface area (Å²) in [6.45, 7) is 8.95. The number of methoxy groups -OCH3 is 1. The van der Waals surface area contributed by atoms with E-state index in [4.69, 9.17) is 14.0 Å². The Morgan fingerprint density at radius 2 is 1.97 bits per heavy atom. The van der Waals surface area contributed by atoms with Crippen LogP contribution in [0.15, 0.2) is 28.8 Å². The molecule has 2 saturated heterocycles. The molecule has 1 aromatic carbocycles. The van der Waals surface area contributed by atoms with Gasteiger partial charge in [-0.3, -0.25) is 9.69 Å². The highest BCUT2D eigenvalue weighted by molar-refractivity contribution is 5.79. The topological polar surface area (TPSA) is 68.0 Å². The molecule has 1 atom stereocenters. The van der Waals surface area contributed by atoms with E-state index in [1.165, 1.54) is 5.56 Å². The van der Waals surface area contributed by atoms with Gasteiger partial charge in [0, 0.05) is 43.6 Å². The molecule has 2 aromatic rings. The first kappa shape index (κ1) is 19.9. The van der Waals surface area contributed by atoms with E-state index in [1.807, 2.05) is 30.9 Å². The van der Waals surface area contributed by atoms with Crippen molar-refractivity contribution in [2.45, 2.75) is 33.4 Å². The molecule has 2 aliphatic heterocycles. The second kappa shape index (κ2) is 8.16. The van der Waals surface area contributed by atoms with Crippen LogP contribution in [0.25, 0.3) is 0 Å². The molecule has 2 aliphatic rings. The third-order valence-corrected chi connectivity index (χ3v) is 6.02. The van der Waals surface area contributed by atoms with Gasteiger partial charge in [0.15, 0.2) is 0 Å². The summed E-state index contributed by atoms with van der Waals surface area (Å²) in [5.74, 6) is 1.83. The van der Waals surface area contributed by atoms with E-state index in [1.54, 1.807) is 7.11 Å². The molecule has 0 radical (unpaired) electrons. The normalized spacial score (nSPS) is 23.0. The lowest BCUT2D eigenvalue weighted by molar-refractivity contribution is -0.128. The van der Waals surface area contributed by atoms with Gasteiger partial charge in [-0.15, -0.1) is 0 Å². The molecule has 29 heavy (non-hydrogen) atoms. The Morgan fingerprint density at radius 1 is 1.17 bits per heavy atom. The molecule has 0 bridgehead atoms. The highest BCUT2D eigenvalue weighted by Gasteiger charge is 2.45.